The van der Waals surface area contributed by atoms with Crippen LogP contribution in [0.4, 0.5) is 0 Å². The number of hydrogen-bond donors (Lipinski definition) is 3. The molecule has 0 spiro atoms. The lowest BCUT2D eigenvalue weighted by molar-refractivity contribution is -0.0979. The van der Waals surface area contributed by atoms with E-state index in [4.69, 9.17) is 11.2 Å². The molecular formula is C32H43N3O. The van der Waals surface area contributed by atoms with Crippen LogP contribution in [-0.2, 0) is 17.8 Å². The number of rotatable bonds is 16. The molecule has 0 heterocycles. The van der Waals surface area contributed by atoms with Crippen LogP contribution in [-0.4, -0.2) is 26.4 Å². The Kier molecular flexibility index (Phi) is 16.7. The van der Waals surface area contributed by atoms with Crippen molar-refractivity contribution in [1.29, 1.82) is 0 Å². The average molecular weight is 486 g/mol. The Morgan fingerprint density at radius 3 is 2.22 bits per heavy atom. The molecule has 0 saturated carbocycles. The minimum absolute atomic E-state index is 0.589. The highest BCUT2D eigenvalue weighted by molar-refractivity contribution is 5.42. The fraction of sp³-hybridized carbons (Fsp3) is 0.344. The third-order valence-electron chi connectivity index (χ3n) is 5.82. The van der Waals surface area contributed by atoms with E-state index in [2.05, 4.69) is 103 Å². The van der Waals surface area contributed by atoms with Crippen LogP contribution >= 0.6 is 0 Å². The molecule has 0 aliphatic carbocycles. The number of benzene rings is 2. The summed E-state index contributed by atoms with van der Waals surface area (Å²) in [6, 6.07) is 21.1. The van der Waals surface area contributed by atoms with E-state index in [9.17, 15) is 0 Å². The van der Waals surface area contributed by atoms with E-state index in [-0.39, 0.29) is 0 Å². The number of hydrogen-bond acceptors (Lipinski definition) is 4. The number of carbonyl (C=O) groups is 1. The first-order valence-corrected chi connectivity index (χ1v) is 12.7. The average Bonchev–Trinajstić information content (AvgIpc) is 2.91. The van der Waals surface area contributed by atoms with E-state index >= 15 is 0 Å². The molecule has 1 atom stereocenters. The molecule has 0 aliphatic rings. The van der Waals surface area contributed by atoms with Crippen LogP contribution in [0.5, 0.6) is 0 Å². The first-order chi connectivity index (χ1) is 17.6. The summed E-state index contributed by atoms with van der Waals surface area (Å²) in [7, 11) is 0. The molecule has 4 nitrogen and oxygen atoms in total. The zero-order valence-corrected chi connectivity index (χ0v) is 22.1. The zero-order valence-electron chi connectivity index (χ0n) is 22.1. The SMILES string of the molecule is C#C/C=C(\C=C(/C)NCCc1ccccc1)C(=C)NCC(CCC)CCNCc1ccccc1.C=O. The predicted molar refractivity (Wildman–Crippen MR) is 154 cm³/mol. The van der Waals surface area contributed by atoms with E-state index < -0.39 is 0 Å². The first kappa shape index (κ1) is 30.5. The van der Waals surface area contributed by atoms with Crippen molar-refractivity contribution in [2.45, 2.75) is 46.1 Å². The monoisotopic (exact) mass is 485 g/mol. The van der Waals surface area contributed by atoms with E-state index in [0.717, 1.165) is 56.0 Å². The highest BCUT2D eigenvalue weighted by Gasteiger charge is 2.09. The van der Waals surface area contributed by atoms with Gasteiger partial charge in [-0.25, -0.2) is 0 Å². The van der Waals surface area contributed by atoms with Crippen LogP contribution in [0.25, 0.3) is 0 Å². The summed E-state index contributed by atoms with van der Waals surface area (Å²) in [6.45, 7) is 14.3. The Morgan fingerprint density at radius 1 is 0.972 bits per heavy atom. The molecule has 3 N–H and O–H groups in total. The summed E-state index contributed by atoms with van der Waals surface area (Å²) in [5, 5.41) is 10.6. The largest absolute Gasteiger partial charge is 0.388 e. The molecular weight excluding hydrogens is 442 g/mol. The lowest BCUT2D eigenvalue weighted by Gasteiger charge is -2.20. The molecule has 0 aromatic heterocycles. The third-order valence-corrected chi connectivity index (χ3v) is 5.82. The fourth-order valence-electron chi connectivity index (χ4n) is 3.90. The summed E-state index contributed by atoms with van der Waals surface area (Å²) in [5.74, 6) is 3.25. The van der Waals surface area contributed by atoms with E-state index in [0.29, 0.717) is 5.92 Å². The number of terminal acetylenes is 1. The standard InChI is InChI=1S/C31H41N3.CH2O/c1-5-13-29(19-21-32-24-30-17-11-8-12-18-30)25-34-27(4)31(14-6-2)23-26(3)33-22-20-28-15-9-7-10-16-28;1-2/h2,7-12,14-18,23,29,32-34H,4-5,13,19-22,24-25H2,1,3H3;1H2/b26-23+,31-14+;. The van der Waals surface area contributed by atoms with Crippen molar-refractivity contribution in [3.63, 3.8) is 0 Å². The molecule has 192 valence electrons. The van der Waals surface area contributed by atoms with Gasteiger partial charge in [0.1, 0.15) is 6.79 Å². The molecule has 0 fully saturated rings. The maximum Gasteiger partial charge on any atom is 0.106 e. The normalized spacial score (nSPS) is 12.0. The molecule has 0 radical (unpaired) electrons. The van der Waals surface area contributed by atoms with Crippen LogP contribution in [0.2, 0.25) is 0 Å². The van der Waals surface area contributed by atoms with Gasteiger partial charge in [-0.1, -0.05) is 86.5 Å². The van der Waals surface area contributed by atoms with Crippen molar-refractivity contribution >= 4 is 6.79 Å². The van der Waals surface area contributed by atoms with Crippen molar-refractivity contribution < 1.29 is 4.79 Å². The lowest BCUT2D eigenvalue weighted by Crippen LogP contribution is -2.26. The molecule has 0 amide bonds. The second-order valence-corrected chi connectivity index (χ2v) is 8.72. The van der Waals surface area contributed by atoms with Crippen molar-refractivity contribution in [2.24, 2.45) is 5.92 Å². The maximum atomic E-state index is 8.00. The minimum Gasteiger partial charge on any atom is -0.388 e. The predicted octanol–water partition coefficient (Wildman–Crippen LogP) is 5.80. The van der Waals surface area contributed by atoms with Crippen molar-refractivity contribution in [2.75, 3.05) is 19.6 Å². The Balaban J connectivity index is 0.00000316. The van der Waals surface area contributed by atoms with E-state index in [1.165, 1.54) is 24.0 Å². The van der Waals surface area contributed by atoms with Gasteiger partial charge in [-0.3, -0.25) is 0 Å². The highest BCUT2D eigenvalue weighted by atomic mass is 16.1. The summed E-state index contributed by atoms with van der Waals surface area (Å²) in [6.07, 6.45) is 13.9. The van der Waals surface area contributed by atoms with Crippen molar-refractivity contribution in [3.8, 4) is 12.3 Å². The first-order valence-electron chi connectivity index (χ1n) is 12.7. The molecule has 2 aromatic carbocycles. The quantitative estimate of drug-likeness (QED) is 0.160. The number of allylic oxidation sites excluding steroid dienone is 3. The highest BCUT2D eigenvalue weighted by Crippen LogP contribution is 2.14. The van der Waals surface area contributed by atoms with E-state index in [1.807, 2.05) is 12.9 Å². The van der Waals surface area contributed by atoms with Gasteiger partial charge >= 0.3 is 0 Å². The molecule has 1 unspecified atom stereocenters. The second kappa shape index (κ2) is 19.7. The molecule has 0 bridgehead atoms. The Bertz CT molecular complexity index is 958. The minimum atomic E-state index is 0.589. The topological polar surface area (TPSA) is 53.2 Å². The summed E-state index contributed by atoms with van der Waals surface area (Å²) in [4.78, 5) is 8.00. The number of nitrogens with one attached hydrogen (secondary N) is 3. The van der Waals surface area contributed by atoms with Gasteiger partial charge in [-0.15, -0.1) is 6.42 Å². The molecule has 0 aliphatic heterocycles. The summed E-state index contributed by atoms with van der Waals surface area (Å²) < 4.78 is 0. The Labute approximate surface area is 219 Å². The van der Waals surface area contributed by atoms with Crippen molar-refractivity contribution in [3.05, 3.63) is 107 Å². The van der Waals surface area contributed by atoms with Gasteiger partial charge in [-0.2, -0.15) is 0 Å². The molecule has 36 heavy (non-hydrogen) atoms. The van der Waals surface area contributed by atoms with Crippen LogP contribution in [0.1, 0.15) is 44.2 Å². The van der Waals surface area contributed by atoms with Gasteiger partial charge < -0.3 is 20.7 Å². The van der Waals surface area contributed by atoms with Crippen LogP contribution in [0.15, 0.2) is 96.4 Å². The summed E-state index contributed by atoms with van der Waals surface area (Å²) >= 11 is 0. The Hall–Kier alpha value is -3.55. The van der Waals surface area contributed by atoms with Gasteiger partial charge in [0.05, 0.1) is 0 Å². The van der Waals surface area contributed by atoms with Crippen LogP contribution in [0, 0.1) is 18.3 Å². The van der Waals surface area contributed by atoms with Gasteiger partial charge in [0.2, 0.25) is 0 Å². The Morgan fingerprint density at radius 2 is 1.61 bits per heavy atom. The van der Waals surface area contributed by atoms with Gasteiger partial charge in [0.25, 0.3) is 0 Å². The molecule has 0 saturated heterocycles. The third kappa shape index (κ3) is 13.4. The van der Waals surface area contributed by atoms with Gasteiger partial charge in [0.15, 0.2) is 0 Å². The second-order valence-electron chi connectivity index (χ2n) is 8.72. The van der Waals surface area contributed by atoms with Crippen LogP contribution in [0.3, 0.4) is 0 Å². The maximum absolute atomic E-state index is 8.00. The van der Waals surface area contributed by atoms with E-state index in [1.54, 1.807) is 6.08 Å². The molecule has 4 heteroatoms. The fourth-order valence-corrected chi connectivity index (χ4v) is 3.90. The van der Waals surface area contributed by atoms with Gasteiger partial charge in [0, 0.05) is 36.6 Å². The lowest BCUT2D eigenvalue weighted by atomic mass is 9.99. The molecule has 2 aromatic rings. The van der Waals surface area contributed by atoms with Crippen molar-refractivity contribution in [1.82, 2.24) is 16.0 Å². The molecule has 2 rings (SSSR count). The smallest absolute Gasteiger partial charge is 0.106 e. The zero-order chi connectivity index (χ0) is 26.4. The van der Waals surface area contributed by atoms with Gasteiger partial charge in [-0.05, 0) is 61.9 Å². The van der Waals surface area contributed by atoms with Crippen LogP contribution < -0.4 is 16.0 Å². The number of carbonyl (C=O) groups excluding carboxylic acids is 1. The summed E-state index contributed by atoms with van der Waals surface area (Å²) in [5.41, 5.74) is 5.55.